The molecule has 5 rings (SSSR count). The molecule has 0 unspecified atom stereocenters. The van der Waals surface area contributed by atoms with Crippen LogP contribution in [0.3, 0.4) is 0 Å². The third-order valence-electron chi connectivity index (χ3n) is 6.64. The van der Waals surface area contributed by atoms with E-state index in [0.717, 1.165) is 46.6 Å². The number of hydrogen-bond acceptors (Lipinski definition) is 4. The molecule has 4 nitrogen and oxygen atoms in total. The third-order valence-corrected chi connectivity index (χ3v) is 6.64. The van der Waals surface area contributed by atoms with Crippen LogP contribution in [0.2, 0.25) is 0 Å². The zero-order valence-corrected chi connectivity index (χ0v) is 17.9. The highest BCUT2D eigenvalue weighted by Gasteiger charge is 2.41. The smallest absolute Gasteiger partial charge is 0.197 e. The molecule has 1 aliphatic carbocycles. The molecule has 156 valence electrons. The van der Waals surface area contributed by atoms with Crippen LogP contribution < -0.4 is 4.74 Å². The van der Waals surface area contributed by atoms with Gasteiger partial charge in [-0.15, -0.1) is 0 Å². The monoisotopic (exact) mass is 403 g/mol. The zero-order valence-electron chi connectivity index (χ0n) is 17.9. The number of ether oxygens (including phenoxy) is 1. The molecule has 3 aromatic rings. The minimum absolute atomic E-state index is 0.0425. The SMILES string of the molecule is CC1(C)c2cc(OCCCN3CCCCC3)ccc2C(=O)c2c1oc1ccccc21. The average Bonchev–Trinajstić information content (AvgIpc) is 3.17. The van der Waals surface area contributed by atoms with Crippen LogP contribution in [0.15, 0.2) is 46.9 Å². The van der Waals surface area contributed by atoms with Crippen molar-refractivity contribution in [3.8, 4) is 5.75 Å². The Morgan fingerprint density at radius 2 is 1.87 bits per heavy atom. The minimum Gasteiger partial charge on any atom is -0.494 e. The van der Waals surface area contributed by atoms with Crippen LogP contribution >= 0.6 is 0 Å². The van der Waals surface area contributed by atoms with Gasteiger partial charge in [0.2, 0.25) is 0 Å². The van der Waals surface area contributed by atoms with E-state index in [-0.39, 0.29) is 5.78 Å². The average molecular weight is 404 g/mol. The number of hydrogen-bond donors (Lipinski definition) is 0. The summed E-state index contributed by atoms with van der Waals surface area (Å²) in [6.45, 7) is 8.47. The van der Waals surface area contributed by atoms with E-state index < -0.39 is 5.41 Å². The Hall–Kier alpha value is -2.59. The van der Waals surface area contributed by atoms with Gasteiger partial charge < -0.3 is 14.1 Å². The molecule has 2 heterocycles. The summed E-state index contributed by atoms with van der Waals surface area (Å²) in [6.07, 6.45) is 5.02. The summed E-state index contributed by atoms with van der Waals surface area (Å²) in [5, 5.41) is 0.897. The first kappa shape index (κ1) is 19.4. The van der Waals surface area contributed by atoms with Gasteiger partial charge in [0.05, 0.1) is 12.2 Å². The van der Waals surface area contributed by atoms with Gasteiger partial charge in [0, 0.05) is 22.9 Å². The number of likely N-dealkylation sites (tertiary alicyclic amines) is 1. The second-order valence-electron chi connectivity index (χ2n) is 9.07. The molecular formula is C26H29NO3. The highest BCUT2D eigenvalue weighted by atomic mass is 16.5. The normalized spacial score (nSPS) is 18.3. The molecule has 2 aromatic carbocycles. The number of piperidine rings is 1. The minimum atomic E-state index is -0.398. The van der Waals surface area contributed by atoms with Crippen LogP contribution in [0, 0.1) is 0 Å². The molecular weight excluding hydrogens is 374 g/mol. The van der Waals surface area contributed by atoms with Crippen LogP contribution in [0.5, 0.6) is 5.75 Å². The topological polar surface area (TPSA) is 42.7 Å². The van der Waals surface area contributed by atoms with E-state index in [9.17, 15) is 4.79 Å². The number of nitrogens with zero attached hydrogens (tertiary/aromatic N) is 1. The molecule has 2 aliphatic rings. The number of fused-ring (bicyclic) bond motifs is 4. The number of carbonyl (C=O) groups excluding carboxylic acids is 1. The second-order valence-corrected chi connectivity index (χ2v) is 9.07. The molecule has 1 saturated heterocycles. The largest absolute Gasteiger partial charge is 0.494 e. The molecule has 0 saturated carbocycles. The fourth-order valence-electron chi connectivity index (χ4n) is 4.96. The van der Waals surface area contributed by atoms with E-state index in [1.165, 1.54) is 32.4 Å². The van der Waals surface area contributed by atoms with E-state index in [2.05, 4.69) is 18.7 Å². The Kier molecular flexibility index (Phi) is 4.90. The second kappa shape index (κ2) is 7.59. The summed E-state index contributed by atoms with van der Waals surface area (Å²) in [6, 6.07) is 13.7. The first-order valence-electron chi connectivity index (χ1n) is 11.1. The van der Waals surface area contributed by atoms with Crippen molar-refractivity contribution in [1.29, 1.82) is 0 Å². The molecule has 4 heteroatoms. The van der Waals surface area contributed by atoms with E-state index in [4.69, 9.17) is 9.15 Å². The predicted octanol–water partition coefficient (Wildman–Crippen LogP) is 5.56. The number of para-hydroxylation sites is 1. The summed E-state index contributed by atoms with van der Waals surface area (Å²) >= 11 is 0. The predicted molar refractivity (Wildman–Crippen MR) is 119 cm³/mol. The zero-order chi connectivity index (χ0) is 20.7. The molecule has 1 aromatic heterocycles. The summed E-state index contributed by atoms with van der Waals surface area (Å²) in [5.74, 6) is 1.62. The Labute approximate surface area is 177 Å². The van der Waals surface area contributed by atoms with Gasteiger partial charge in [0.15, 0.2) is 5.78 Å². The van der Waals surface area contributed by atoms with Crippen molar-refractivity contribution in [3.63, 3.8) is 0 Å². The number of furan rings is 1. The van der Waals surface area contributed by atoms with Gasteiger partial charge in [0.1, 0.15) is 17.1 Å². The van der Waals surface area contributed by atoms with Crippen molar-refractivity contribution in [1.82, 2.24) is 4.90 Å². The van der Waals surface area contributed by atoms with Crippen LogP contribution in [0.4, 0.5) is 0 Å². The van der Waals surface area contributed by atoms with Crippen molar-refractivity contribution >= 4 is 16.8 Å². The third kappa shape index (κ3) is 3.24. The van der Waals surface area contributed by atoms with E-state index in [0.29, 0.717) is 12.2 Å². The molecule has 0 radical (unpaired) electrons. The molecule has 1 fully saturated rings. The first-order valence-corrected chi connectivity index (χ1v) is 11.1. The van der Waals surface area contributed by atoms with Gasteiger partial charge in [-0.05, 0) is 76.0 Å². The molecule has 0 bridgehead atoms. The number of rotatable bonds is 5. The van der Waals surface area contributed by atoms with Crippen LogP contribution in [-0.2, 0) is 5.41 Å². The van der Waals surface area contributed by atoms with Gasteiger partial charge in [-0.3, -0.25) is 4.79 Å². The maximum atomic E-state index is 13.3. The van der Waals surface area contributed by atoms with E-state index >= 15 is 0 Å². The number of carbonyl (C=O) groups is 1. The molecule has 0 amide bonds. The maximum absolute atomic E-state index is 13.3. The van der Waals surface area contributed by atoms with Crippen molar-refractivity contribution < 1.29 is 13.9 Å². The molecule has 0 N–H and O–H groups in total. The van der Waals surface area contributed by atoms with Crippen molar-refractivity contribution in [2.75, 3.05) is 26.2 Å². The quantitative estimate of drug-likeness (QED) is 0.523. The standard InChI is InChI=1S/C26H29NO3/c1-26(2)21-17-18(29-16-8-15-27-13-6-3-7-14-27)11-12-19(21)24(28)23-20-9-4-5-10-22(20)30-25(23)26/h4-5,9-12,17H,3,6-8,13-16H2,1-2H3. The molecule has 0 spiro atoms. The summed E-state index contributed by atoms with van der Waals surface area (Å²) < 4.78 is 12.2. The van der Waals surface area contributed by atoms with Crippen molar-refractivity contribution in [2.24, 2.45) is 0 Å². The van der Waals surface area contributed by atoms with Gasteiger partial charge >= 0.3 is 0 Å². The molecule has 30 heavy (non-hydrogen) atoms. The number of ketones is 1. The Bertz CT molecular complexity index is 1090. The van der Waals surface area contributed by atoms with Gasteiger partial charge in [-0.1, -0.05) is 24.6 Å². The highest BCUT2D eigenvalue weighted by Crippen LogP contribution is 2.46. The van der Waals surface area contributed by atoms with Gasteiger partial charge in [-0.25, -0.2) is 0 Å². The molecule has 1 aliphatic heterocycles. The van der Waals surface area contributed by atoms with Crippen molar-refractivity contribution in [3.05, 3.63) is 64.9 Å². The van der Waals surface area contributed by atoms with Gasteiger partial charge in [-0.2, -0.15) is 0 Å². The summed E-state index contributed by atoms with van der Waals surface area (Å²) in [4.78, 5) is 15.8. The van der Waals surface area contributed by atoms with E-state index in [1.807, 2.05) is 42.5 Å². The fourth-order valence-corrected chi connectivity index (χ4v) is 4.96. The summed E-state index contributed by atoms with van der Waals surface area (Å²) in [7, 11) is 0. The van der Waals surface area contributed by atoms with E-state index in [1.54, 1.807) is 0 Å². The summed E-state index contributed by atoms with van der Waals surface area (Å²) in [5.41, 5.74) is 2.81. The highest BCUT2D eigenvalue weighted by molar-refractivity contribution is 6.19. The first-order chi connectivity index (χ1) is 14.6. The van der Waals surface area contributed by atoms with Crippen LogP contribution in [-0.4, -0.2) is 36.9 Å². The lowest BCUT2D eigenvalue weighted by Gasteiger charge is -2.31. The molecule has 0 atom stereocenters. The Balaban J connectivity index is 1.37. The lowest BCUT2D eigenvalue weighted by Crippen LogP contribution is -2.31. The Morgan fingerprint density at radius 3 is 2.70 bits per heavy atom. The van der Waals surface area contributed by atoms with Gasteiger partial charge in [0.25, 0.3) is 0 Å². The maximum Gasteiger partial charge on any atom is 0.197 e. The lowest BCUT2D eigenvalue weighted by molar-refractivity contribution is 0.102. The van der Waals surface area contributed by atoms with Crippen LogP contribution in [0.1, 0.15) is 66.8 Å². The fraction of sp³-hybridized carbons (Fsp3) is 0.423. The van der Waals surface area contributed by atoms with Crippen LogP contribution in [0.25, 0.3) is 11.0 Å². The Morgan fingerprint density at radius 1 is 1.07 bits per heavy atom. The lowest BCUT2D eigenvalue weighted by atomic mass is 9.72. The number of benzene rings is 2. The van der Waals surface area contributed by atoms with Crippen molar-refractivity contribution in [2.45, 2.75) is 44.9 Å².